The smallest absolute Gasteiger partial charge is 0.224 e. The molecule has 106 valence electrons. The van der Waals surface area contributed by atoms with Crippen molar-refractivity contribution in [3.63, 3.8) is 0 Å². The Balaban J connectivity index is 1.84. The zero-order valence-corrected chi connectivity index (χ0v) is 12.4. The first kappa shape index (κ1) is 14.7. The standard InChI is InChI=1S/C15H19N3OS/c1-2-16-9-12-4-3-5-13(8-12)18-15(19)7-6-14-10-20-11-17-14/h3-5,8,10-11,16H,2,6-7,9H2,1H3,(H,18,19). The van der Waals surface area contributed by atoms with Crippen molar-refractivity contribution < 1.29 is 4.79 Å². The van der Waals surface area contributed by atoms with Crippen LogP contribution in [0.3, 0.4) is 0 Å². The molecule has 0 aliphatic rings. The van der Waals surface area contributed by atoms with Crippen molar-refractivity contribution >= 4 is 22.9 Å². The molecule has 2 aromatic rings. The second-order valence-electron chi connectivity index (χ2n) is 4.51. The summed E-state index contributed by atoms with van der Waals surface area (Å²) in [6.07, 6.45) is 1.15. The number of nitrogens with one attached hydrogen (secondary N) is 2. The van der Waals surface area contributed by atoms with Gasteiger partial charge in [0.25, 0.3) is 0 Å². The molecule has 0 bridgehead atoms. The summed E-state index contributed by atoms with van der Waals surface area (Å²) < 4.78 is 0. The van der Waals surface area contributed by atoms with Gasteiger partial charge in [-0.15, -0.1) is 11.3 Å². The quantitative estimate of drug-likeness (QED) is 0.824. The minimum Gasteiger partial charge on any atom is -0.326 e. The maximum Gasteiger partial charge on any atom is 0.224 e. The minimum absolute atomic E-state index is 0.0265. The first-order valence-corrected chi connectivity index (χ1v) is 7.69. The molecule has 4 nitrogen and oxygen atoms in total. The van der Waals surface area contributed by atoms with Crippen molar-refractivity contribution in [3.05, 3.63) is 46.4 Å². The number of aryl methyl sites for hydroxylation is 1. The predicted octanol–water partition coefficient (Wildman–Crippen LogP) is 2.82. The van der Waals surface area contributed by atoms with Crippen LogP contribution in [-0.4, -0.2) is 17.4 Å². The number of carbonyl (C=O) groups excluding carboxylic acids is 1. The van der Waals surface area contributed by atoms with Crippen LogP contribution >= 0.6 is 11.3 Å². The van der Waals surface area contributed by atoms with Crippen molar-refractivity contribution in [1.82, 2.24) is 10.3 Å². The molecular weight excluding hydrogens is 270 g/mol. The van der Waals surface area contributed by atoms with E-state index >= 15 is 0 Å². The van der Waals surface area contributed by atoms with Gasteiger partial charge in [-0.3, -0.25) is 4.79 Å². The lowest BCUT2D eigenvalue weighted by molar-refractivity contribution is -0.116. The minimum atomic E-state index is 0.0265. The summed E-state index contributed by atoms with van der Waals surface area (Å²) in [5.41, 5.74) is 4.79. The summed E-state index contributed by atoms with van der Waals surface area (Å²) in [4.78, 5) is 16.1. The summed E-state index contributed by atoms with van der Waals surface area (Å²) in [7, 11) is 0. The average molecular weight is 289 g/mol. The monoisotopic (exact) mass is 289 g/mol. The number of hydrogen-bond acceptors (Lipinski definition) is 4. The van der Waals surface area contributed by atoms with E-state index in [0.717, 1.165) is 24.5 Å². The van der Waals surface area contributed by atoms with Crippen LogP contribution in [0.15, 0.2) is 35.2 Å². The van der Waals surface area contributed by atoms with Crippen LogP contribution in [0.4, 0.5) is 5.69 Å². The fraction of sp³-hybridized carbons (Fsp3) is 0.333. The van der Waals surface area contributed by atoms with E-state index in [0.29, 0.717) is 12.8 Å². The Bertz CT molecular complexity index is 540. The highest BCUT2D eigenvalue weighted by Crippen LogP contribution is 2.12. The van der Waals surface area contributed by atoms with Crippen molar-refractivity contribution in [2.24, 2.45) is 0 Å². The maximum absolute atomic E-state index is 11.9. The van der Waals surface area contributed by atoms with E-state index in [4.69, 9.17) is 0 Å². The van der Waals surface area contributed by atoms with Gasteiger partial charge in [-0.25, -0.2) is 4.98 Å². The molecule has 0 fully saturated rings. The molecule has 2 N–H and O–H groups in total. The zero-order valence-electron chi connectivity index (χ0n) is 11.6. The van der Waals surface area contributed by atoms with Crippen LogP contribution in [0.5, 0.6) is 0 Å². The lowest BCUT2D eigenvalue weighted by atomic mass is 10.2. The summed E-state index contributed by atoms with van der Waals surface area (Å²) in [5.74, 6) is 0.0265. The van der Waals surface area contributed by atoms with Gasteiger partial charge in [0.15, 0.2) is 0 Å². The molecule has 0 radical (unpaired) electrons. The van der Waals surface area contributed by atoms with Crippen molar-refractivity contribution in [2.75, 3.05) is 11.9 Å². The molecule has 1 aromatic heterocycles. The van der Waals surface area contributed by atoms with Crippen LogP contribution in [0.2, 0.25) is 0 Å². The third-order valence-electron chi connectivity index (χ3n) is 2.88. The molecule has 0 spiro atoms. The van der Waals surface area contributed by atoms with Crippen LogP contribution in [0.25, 0.3) is 0 Å². The van der Waals surface area contributed by atoms with Gasteiger partial charge in [-0.05, 0) is 30.7 Å². The van der Waals surface area contributed by atoms with Crippen molar-refractivity contribution in [2.45, 2.75) is 26.3 Å². The number of anilines is 1. The molecule has 0 aliphatic heterocycles. The van der Waals surface area contributed by atoms with E-state index in [1.807, 2.05) is 29.6 Å². The fourth-order valence-electron chi connectivity index (χ4n) is 1.85. The summed E-state index contributed by atoms with van der Waals surface area (Å²) in [5, 5.41) is 8.18. The summed E-state index contributed by atoms with van der Waals surface area (Å²) >= 11 is 1.55. The molecule has 1 heterocycles. The number of aromatic nitrogens is 1. The van der Waals surface area contributed by atoms with Crippen LogP contribution in [0, 0.1) is 0 Å². The van der Waals surface area contributed by atoms with E-state index < -0.39 is 0 Å². The third kappa shape index (κ3) is 4.75. The van der Waals surface area contributed by atoms with Crippen LogP contribution in [-0.2, 0) is 17.8 Å². The second-order valence-corrected chi connectivity index (χ2v) is 5.23. The predicted molar refractivity (Wildman–Crippen MR) is 82.9 cm³/mol. The summed E-state index contributed by atoms with van der Waals surface area (Å²) in [6.45, 7) is 3.83. The van der Waals surface area contributed by atoms with E-state index in [1.165, 1.54) is 5.56 Å². The van der Waals surface area contributed by atoms with Gasteiger partial charge in [0, 0.05) is 24.0 Å². The van der Waals surface area contributed by atoms with Gasteiger partial charge < -0.3 is 10.6 Å². The number of hydrogen-bond donors (Lipinski definition) is 2. The summed E-state index contributed by atoms with van der Waals surface area (Å²) in [6, 6.07) is 7.93. The van der Waals surface area contributed by atoms with Gasteiger partial charge in [0.1, 0.15) is 0 Å². The molecule has 0 unspecified atom stereocenters. The van der Waals surface area contributed by atoms with E-state index in [9.17, 15) is 4.79 Å². The second kappa shape index (κ2) is 7.77. The number of carbonyl (C=O) groups is 1. The van der Waals surface area contributed by atoms with Crippen molar-refractivity contribution in [1.29, 1.82) is 0 Å². The third-order valence-corrected chi connectivity index (χ3v) is 3.52. The number of amides is 1. The molecule has 20 heavy (non-hydrogen) atoms. The molecule has 0 saturated carbocycles. The van der Waals surface area contributed by atoms with E-state index in [2.05, 4.69) is 22.5 Å². The number of benzene rings is 1. The lowest BCUT2D eigenvalue weighted by Crippen LogP contribution is -2.14. The zero-order chi connectivity index (χ0) is 14.2. The van der Waals surface area contributed by atoms with E-state index in [1.54, 1.807) is 16.8 Å². The topological polar surface area (TPSA) is 54.0 Å². The maximum atomic E-state index is 11.9. The number of nitrogens with zero attached hydrogens (tertiary/aromatic N) is 1. The Kier molecular flexibility index (Phi) is 5.70. The van der Waals surface area contributed by atoms with Gasteiger partial charge in [-0.2, -0.15) is 0 Å². The molecule has 0 atom stereocenters. The van der Waals surface area contributed by atoms with Crippen LogP contribution in [0.1, 0.15) is 24.6 Å². The Morgan fingerprint density at radius 3 is 3.05 bits per heavy atom. The molecule has 2 rings (SSSR count). The Morgan fingerprint density at radius 2 is 2.30 bits per heavy atom. The Labute approximate surface area is 123 Å². The molecule has 0 aliphatic carbocycles. The SMILES string of the molecule is CCNCc1cccc(NC(=O)CCc2cscn2)c1. The molecule has 5 heteroatoms. The highest BCUT2D eigenvalue weighted by molar-refractivity contribution is 7.07. The molecular formula is C15H19N3OS. The first-order chi connectivity index (χ1) is 9.78. The van der Waals surface area contributed by atoms with Gasteiger partial charge in [0.2, 0.25) is 5.91 Å². The highest BCUT2D eigenvalue weighted by atomic mass is 32.1. The van der Waals surface area contributed by atoms with Crippen molar-refractivity contribution in [3.8, 4) is 0 Å². The average Bonchev–Trinajstić information content (AvgIpc) is 2.97. The largest absolute Gasteiger partial charge is 0.326 e. The van der Waals surface area contributed by atoms with Gasteiger partial charge >= 0.3 is 0 Å². The van der Waals surface area contributed by atoms with Gasteiger partial charge in [0.05, 0.1) is 11.2 Å². The van der Waals surface area contributed by atoms with Gasteiger partial charge in [-0.1, -0.05) is 19.1 Å². The Morgan fingerprint density at radius 1 is 1.40 bits per heavy atom. The normalized spacial score (nSPS) is 10.4. The number of thiazole rings is 1. The van der Waals surface area contributed by atoms with E-state index in [-0.39, 0.29) is 5.91 Å². The van der Waals surface area contributed by atoms with Crippen LogP contribution < -0.4 is 10.6 Å². The highest BCUT2D eigenvalue weighted by Gasteiger charge is 2.04. The first-order valence-electron chi connectivity index (χ1n) is 6.74. The molecule has 1 aromatic carbocycles. The molecule has 0 saturated heterocycles. The number of rotatable bonds is 7. The Hall–Kier alpha value is -1.72. The molecule has 1 amide bonds. The fourth-order valence-corrected chi connectivity index (χ4v) is 2.45. The lowest BCUT2D eigenvalue weighted by Gasteiger charge is -2.07.